The molecule has 1 aromatic rings. The molecule has 1 rings (SSSR count). The summed E-state index contributed by atoms with van der Waals surface area (Å²) in [7, 11) is 1.38. The number of hydrogen-bond acceptors (Lipinski definition) is 4. The van der Waals surface area contributed by atoms with Crippen molar-refractivity contribution < 1.29 is 9.53 Å². The highest BCUT2D eigenvalue weighted by Gasteiger charge is 2.07. The van der Waals surface area contributed by atoms with E-state index in [0.717, 1.165) is 11.3 Å². The minimum Gasteiger partial charge on any atom is -0.465 e. The van der Waals surface area contributed by atoms with Gasteiger partial charge in [0.05, 0.1) is 12.7 Å². The number of carbonyl (C=O) groups is 1. The second-order valence-electron chi connectivity index (χ2n) is 2.33. The zero-order chi connectivity index (χ0) is 8.97. The SMILES string of the molecule is COC(=O)c1csc(CCN)c1. The highest BCUT2D eigenvalue weighted by molar-refractivity contribution is 7.10. The Morgan fingerprint density at radius 3 is 3.08 bits per heavy atom. The first-order valence-corrected chi connectivity index (χ1v) is 4.51. The number of ether oxygens (including phenoxy) is 1. The van der Waals surface area contributed by atoms with Crippen molar-refractivity contribution in [3.63, 3.8) is 0 Å². The van der Waals surface area contributed by atoms with Gasteiger partial charge in [0.25, 0.3) is 0 Å². The lowest BCUT2D eigenvalue weighted by molar-refractivity contribution is 0.0601. The van der Waals surface area contributed by atoms with E-state index in [1.165, 1.54) is 18.4 Å². The third kappa shape index (κ3) is 2.06. The van der Waals surface area contributed by atoms with E-state index in [-0.39, 0.29) is 5.97 Å². The first-order chi connectivity index (χ1) is 5.77. The molecule has 66 valence electrons. The van der Waals surface area contributed by atoms with Gasteiger partial charge in [0, 0.05) is 10.3 Å². The molecule has 0 aliphatic carbocycles. The molecular weight excluding hydrogens is 174 g/mol. The van der Waals surface area contributed by atoms with Crippen LogP contribution in [0, 0.1) is 0 Å². The average molecular weight is 185 g/mol. The summed E-state index contributed by atoms with van der Waals surface area (Å²) in [6.45, 7) is 0.612. The molecule has 0 aromatic carbocycles. The average Bonchev–Trinajstić information content (AvgIpc) is 2.52. The molecule has 0 bridgehead atoms. The van der Waals surface area contributed by atoms with Gasteiger partial charge >= 0.3 is 5.97 Å². The van der Waals surface area contributed by atoms with E-state index in [9.17, 15) is 4.79 Å². The Bertz CT molecular complexity index is 270. The van der Waals surface area contributed by atoms with E-state index >= 15 is 0 Å². The van der Waals surface area contributed by atoms with Gasteiger partial charge < -0.3 is 10.5 Å². The molecule has 0 atom stereocenters. The quantitative estimate of drug-likeness (QED) is 0.716. The number of methoxy groups -OCH3 is 1. The van der Waals surface area contributed by atoms with E-state index < -0.39 is 0 Å². The third-order valence-corrected chi connectivity index (χ3v) is 2.46. The van der Waals surface area contributed by atoms with Crippen molar-refractivity contribution in [1.82, 2.24) is 0 Å². The van der Waals surface area contributed by atoms with Gasteiger partial charge in [-0.3, -0.25) is 0 Å². The van der Waals surface area contributed by atoms with Crippen molar-refractivity contribution in [3.8, 4) is 0 Å². The molecule has 1 heterocycles. The minimum absolute atomic E-state index is 0.283. The Balaban J connectivity index is 2.70. The summed E-state index contributed by atoms with van der Waals surface area (Å²) in [4.78, 5) is 12.1. The molecule has 2 N–H and O–H groups in total. The van der Waals surface area contributed by atoms with Crippen LogP contribution in [0.2, 0.25) is 0 Å². The Morgan fingerprint density at radius 1 is 1.75 bits per heavy atom. The standard InChI is InChI=1S/C8H11NO2S/c1-11-8(10)6-4-7(2-3-9)12-5-6/h4-5H,2-3,9H2,1H3. The van der Waals surface area contributed by atoms with E-state index in [4.69, 9.17) is 5.73 Å². The summed E-state index contributed by atoms with van der Waals surface area (Å²) in [6.07, 6.45) is 0.821. The third-order valence-electron chi connectivity index (χ3n) is 1.47. The van der Waals surface area contributed by atoms with E-state index in [1.54, 1.807) is 5.38 Å². The van der Waals surface area contributed by atoms with Crippen molar-refractivity contribution in [3.05, 3.63) is 21.9 Å². The number of hydrogen-bond donors (Lipinski definition) is 1. The topological polar surface area (TPSA) is 52.3 Å². The number of nitrogens with two attached hydrogens (primary N) is 1. The first-order valence-electron chi connectivity index (χ1n) is 3.63. The van der Waals surface area contributed by atoms with Crippen LogP contribution in [-0.2, 0) is 11.2 Å². The van der Waals surface area contributed by atoms with Crippen LogP contribution in [0.5, 0.6) is 0 Å². The van der Waals surface area contributed by atoms with Gasteiger partial charge in [-0.15, -0.1) is 11.3 Å². The predicted octanol–water partition coefficient (Wildman–Crippen LogP) is 1.04. The van der Waals surface area contributed by atoms with Crippen LogP contribution in [0.1, 0.15) is 15.2 Å². The summed E-state index contributed by atoms with van der Waals surface area (Å²) in [5, 5.41) is 1.79. The highest BCUT2D eigenvalue weighted by atomic mass is 32.1. The minimum atomic E-state index is -0.283. The maximum Gasteiger partial charge on any atom is 0.338 e. The van der Waals surface area contributed by atoms with Gasteiger partial charge in [0.2, 0.25) is 0 Å². The molecule has 0 spiro atoms. The van der Waals surface area contributed by atoms with Gasteiger partial charge in [-0.1, -0.05) is 0 Å². The lowest BCUT2D eigenvalue weighted by atomic mass is 10.3. The van der Waals surface area contributed by atoms with E-state index in [2.05, 4.69) is 4.74 Å². The van der Waals surface area contributed by atoms with Gasteiger partial charge in [-0.25, -0.2) is 4.79 Å². The van der Waals surface area contributed by atoms with Crippen LogP contribution >= 0.6 is 11.3 Å². The Morgan fingerprint density at radius 2 is 2.50 bits per heavy atom. The highest BCUT2D eigenvalue weighted by Crippen LogP contribution is 2.15. The summed E-state index contributed by atoms with van der Waals surface area (Å²) >= 11 is 1.54. The van der Waals surface area contributed by atoms with Crippen molar-refractivity contribution in [1.29, 1.82) is 0 Å². The largest absolute Gasteiger partial charge is 0.465 e. The zero-order valence-corrected chi connectivity index (χ0v) is 7.69. The van der Waals surface area contributed by atoms with Crippen LogP contribution < -0.4 is 5.73 Å². The van der Waals surface area contributed by atoms with Crippen LogP contribution in [0.15, 0.2) is 11.4 Å². The number of esters is 1. The van der Waals surface area contributed by atoms with Gasteiger partial charge in [0.15, 0.2) is 0 Å². The number of rotatable bonds is 3. The van der Waals surface area contributed by atoms with Crippen LogP contribution in [-0.4, -0.2) is 19.6 Å². The molecule has 0 unspecified atom stereocenters. The predicted molar refractivity (Wildman–Crippen MR) is 48.4 cm³/mol. The second kappa shape index (κ2) is 4.23. The Kier molecular flexibility index (Phi) is 3.25. The Hall–Kier alpha value is -0.870. The smallest absolute Gasteiger partial charge is 0.338 e. The van der Waals surface area contributed by atoms with E-state index in [1.807, 2.05) is 6.07 Å². The number of thiophene rings is 1. The van der Waals surface area contributed by atoms with Crippen molar-refractivity contribution in [2.24, 2.45) is 5.73 Å². The summed E-state index contributed by atoms with van der Waals surface area (Å²) in [5.74, 6) is -0.283. The maximum atomic E-state index is 11.0. The zero-order valence-electron chi connectivity index (χ0n) is 6.87. The van der Waals surface area contributed by atoms with Crippen LogP contribution in [0.3, 0.4) is 0 Å². The molecule has 0 amide bonds. The fourth-order valence-corrected chi connectivity index (χ4v) is 1.75. The van der Waals surface area contributed by atoms with Crippen LogP contribution in [0.4, 0.5) is 0 Å². The van der Waals surface area contributed by atoms with Gasteiger partial charge in [-0.2, -0.15) is 0 Å². The first kappa shape index (κ1) is 9.22. The van der Waals surface area contributed by atoms with Gasteiger partial charge in [-0.05, 0) is 19.0 Å². The normalized spacial score (nSPS) is 9.83. The molecule has 0 saturated heterocycles. The fraction of sp³-hybridized carbons (Fsp3) is 0.375. The van der Waals surface area contributed by atoms with Crippen molar-refractivity contribution in [2.45, 2.75) is 6.42 Å². The molecule has 0 saturated carbocycles. The molecular formula is C8H11NO2S. The van der Waals surface area contributed by atoms with Gasteiger partial charge in [0.1, 0.15) is 0 Å². The molecule has 0 aliphatic heterocycles. The molecule has 0 fully saturated rings. The van der Waals surface area contributed by atoms with Crippen molar-refractivity contribution in [2.75, 3.05) is 13.7 Å². The Labute approximate surface area is 75.1 Å². The molecule has 0 radical (unpaired) electrons. The maximum absolute atomic E-state index is 11.0. The molecule has 3 nitrogen and oxygen atoms in total. The monoisotopic (exact) mass is 185 g/mol. The molecule has 4 heteroatoms. The lowest BCUT2D eigenvalue weighted by Crippen LogP contribution is -2.01. The van der Waals surface area contributed by atoms with Crippen LogP contribution in [0.25, 0.3) is 0 Å². The fourth-order valence-electron chi connectivity index (χ4n) is 0.879. The molecule has 0 aliphatic rings. The van der Waals surface area contributed by atoms with E-state index in [0.29, 0.717) is 12.1 Å². The summed E-state index contributed by atoms with van der Waals surface area (Å²) in [6, 6.07) is 1.82. The molecule has 12 heavy (non-hydrogen) atoms. The number of carbonyl (C=O) groups excluding carboxylic acids is 1. The van der Waals surface area contributed by atoms with Crippen molar-refractivity contribution >= 4 is 17.3 Å². The lowest BCUT2D eigenvalue weighted by Gasteiger charge is -1.92. The summed E-state index contributed by atoms with van der Waals surface area (Å²) < 4.78 is 4.56. The summed E-state index contributed by atoms with van der Waals surface area (Å²) in [5.41, 5.74) is 5.99. The molecule has 1 aromatic heterocycles. The second-order valence-corrected chi connectivity index (χ2v) is 3.33.